The lowest BCUT2D eigenvalue weighted by molar-refractivity contribution is 0.0532. The van der Waals surface area contributed by atoms with Crippen LogP contribution in [-0.2, 0) is 9.84 Å². The number of piperidine rings is 1. The Hall–Kier alpha value is -2.19. The molecule has 2 heterocycles. The number of nitrogens with two attached hydrogens (primary N) is 1. The van der Waals surface area contributed by atoms with E-state index in [0.29, 0.717) is 30.3 Å². The molecule has 0 aliphatic carbocycles. The predicted molar refractivity (Wildman–Crippen MR) is 99.0 cm³/mol. The summed E-state index contributed by atoms with van der Waals surface area (Å²) in [6.45, 7) is 3.22. The van der Waals surface area contributed by atoms with Crippen molar-refractivity contribution in [2.24, 2.45) is 11.7 Å². The fourth-order valence-electron chi connectivity index (χ4n) is 3.55. The van der Waals surface area contributed by atoms with Crippen molar-refractivity contribution in [3.05, 3.63) is 42.2 Å². The molecule has 1 aliphatic heterocycles. The fraction of sp³-hybridized carbons (Fsp3) is 0.444. The zero-order valence-corrected chi connectivity index (χ0v) is 15.8. The van der Waals surface area contributed by atoms with Crippen LogP contribution in [0.1, 0.15) is 30.1 Å². The Morgan fingerprint density at radius 3 is 2.77 bits per heavy atom. The van der Waals surface area contributed by atoms with E-state index < -0.39 is 9.84 Å². The molecule has 0 saturated carbocycles. The lowest BCUT2D eigenvalue weighted by Crippen LogP contribution is -2.51. The summed E-state index contributed by atoms with van der Waals surface area (Å²) in [5.41, 5.74) is 6.74. The molecule has 0 spiro atoms. The van der Waals surface area contributed by atoms with Gasteiger partial charge < -0.3 is 10.6 Å². The number of para-hydroxylation sites is 1. The van der Waals surface area contributed by atoms with Crippen molar-refractivity contribution in [3.8, 4) is 5.69 Å². The Morgan fingerprint density at radius 2 is 2.08 bits per heavy atom. The van der Waals surface area contributed by atoms with Crippen molar-refractivity contribution in [2.45, 2.75) is 30.7 Å². The van der Waals surface area contributed by atoms with Crippen LogP contribution in [0.5, 0.6) is 0 Å². The van der Waals surface area contributed by atoms with Crippen molar-refractivity contribution in [2.75, 3.05) is 19.3 Å². The van der Waals surface area contributed by atoms with Crippen molar-refractivity contribution in [1.29, 1.82) is 0 Å². The van der Waals surface area contributed by atoms with Gasteiger partial charge in [0.15, 0.2) is 9.84 Å². The molecule has 3 rings (SSSR count). The van der Waals surface area contributed by atoms with E-state index in [1.54, 1.807) is 24.4 Å². The van der Waals surface area contributed by atoms with Gasteiger partial charge in [0.05, 0.1) is 22.3 Å². The Kier molecular flexibility index (Phi) is 5.15. The van der Waals surface area contributed by atoms with Gasteiger partial charge in [-0.25, -0.2) is 13.1 Å². The highest BCUT2D eigenvalue weighted by molar-refractivity contribution is 7.90. The van der Waals surface area contributed by atoms with Crippen molar-refractivity contribution in [1.82, 2.24) is 14.7 Å². The van der Waals surface area contributed by atoms with E-state index in [9.17, 15) is 13.2 Å². The highest BCUT2D eigenvalue weighted by Crippen LogP contribution is 2.25. The van der Waals surface area contributed by atoms with Crippen LogP contribution in [0.15, 0.2) is 41.6 Å². The van der Waals surface area contributed by atoms with E-state index in [-0.39, 0.29) is 16.8 Å². The van der Waals surface area contributed by atoms with E-state index in [2.05, 4.69) is 12.0 Å². The number of sulfone groups is 1. The van der Waals surface area contributed by atoms with Crippen LogP contribution in [0.25, 0.3) is 5.69 Å². The van der Waals surface area contributed by atoms with E-state index in [1.165, 1.54) is 16.9 Å². The number of nitrogens with zero attached hydrogens (tertiary/aromatic N) is 3. The molecule has 1 saturated heterocycles. The minimum atomic E-state index is -3.41. The zero-order chi connectivity index (χ0) is 18.9. The monoisotopic (exact) mass is 376 g/mol. The number of rotatable bonds is 4. The summed E-state index contributed by atoms with van der Waals surface area (Å²) in [5, 5.41) is 4.22. The molecule has 0 bridgehead atoms. The van der Waals surface area contributed by atoms with Crippen molar-refractivity contribution < 1.29 is 13.2 Å². The molecule has 1 aromatic heterocycles. The van der Waals surface area contributed by atoms with Gasteiger partial charge in [-0.1, -0.05) is 19.1 Å². The molecular weight excluding hydrogens is 352 g/mol. The standard InChI is InChI=1S/C18H24N4O3S/c1-13-6-5-9-21(16(13)10-19)18(23)14-11-20-22(12-14)15-7-3-4-8-17(15)26(2,24)25/h3-4,7-8,11-13,16H,5-6,9-10,19H2,1-2H3/t13-,16+/m1/s1. The minimum Gasteiger partial charge on any atom is -0.334 e. The normalized spacial score (nSPS) is 21.0. The first-order chi connectivity index (χ1) is 12.3. The number of carbonyl (C=O) groups excluding carboxylic acids is 1. The minimum absolute atomic E-state index is 0.0166. The number of aromatic nitrogens is 2. The summed E-state index contributed by atoms with van der Waals surface area (Å²) < 4.78 is 25.4. The third-order valence-electron chi connectivity index (χ3n) is 4.96. The van der Waals surface area contributed by atoms with Crippen molar-refractivity contribution >= 4 is 15.7 Å². The van der Waals surface area contributed by atoms with Gasteiger partial charge in [0, 0.05) is 31.6 Å². The van der Waals surface area contributed by atoms with Crippen LogP contribution in [0, 0.1) is 5.92 Å². The largest absolute Gasteiger partial charge is 0.334 e. The van der Waals surface area contributed by atoms with Gasteiger partial charge in [0.1, 0.15) is 0 Å². The number of hydrogen-bond donors (Lipinski definition) is 1. The second-order valence-electron chi connectivity index (χ2n) is 6.83. The Bertz CT molecular complexity index is 907. The highest BCUT2D eigenvalue weighted by Gasteiger charge is 2.32. The SMILES string of the molecule is C[C@@H]1CCCN(C(=O)c2cnn(-c3ccccc3S(C)(=O)=O)c2)[C@H]1CN. The summed E-state index contributed by atoms with van der Waals surface area (Å²) in [5.74, 6) is 0.244. The summed E-state index contributed by atoms with van der Waals surface area (Å²) in [4.78, 5) is 14.9. The first kappa shape index (κ1) is 18.6. The fourth-order valence-corrected chi connectivity index (χ4v) is 4.42. The van der Waals surface area contributed by atoms with Gasteiger partial charge in [0.25, 0.3) is 5.91 Å². The second kappa shape index (κ2) is 7.20. The molecule has 7 nitrogen and oxygen atoms in total. The molecule has 2 aromatic rings. The molecule has 1 fully saturated rings. The molecule has 1 amide bonds. The van der Waals surface area contributed by atoms with Gasteiger partial charge in [-0.2, -0.15) is 5.10 Å². The van der Waals surface area contributed by atoms with E-state index in [4.69, 9.17) is 5.73 Å². The number of benzene rings is 1. The highest BCUT2D eigenvalue weighted by atomic mass is 32.2. The number of hydrogen-bond acceptors (Lipinski definition) is 5. The third-order valence-corrected chi connectivity index (χ3v) is 6.10. The summed E-state index contributed by atoms with van der Waals surface area (Å²) in [6.07, 6.45) is 6.23. The summed E-state index contributed by atoms with van der Waals surface area (Å²) in [7, 11) is -3.41. The van der Waals surface area contributed by atoms with Gasteiger partial charge >= 0.3 is 0 Å². The number of amides is 1. The third kappa shape index (κ3) is 3.52. The molecule has 26 heavy (non-hydrogen) atoms. The average molecular weight is 376 g/mol. The molecule has 0 radical (unpaired) electrons. The van der Waals surface area contributed by atoms with Crippen LogP contribution >= 0.6 is 0 Å². The maximum Gasteiger partial charge on any atom is 0.257 e. The first-order valence-electron chi connectivity index (χ1n) is 8.68. The molecule has 2 atom stereocenters. The van der Waals surface area contributed by atoms with Crippen LogP contribution in [0.4, 0.5) is 0 Å². The van der Waals surface area contributed by atoms with Gasteiger partial charge in [-0.15, -0.1) is 0 Å². The summed E-state index contributed by atoms with van der Waals surface area (Å²) >= 11 is 0. The maximum atomic E-state index is 12.9. The topological polar surface area (TPSA) is 98.3 Å². The quantitative estimate of drug-likeness (QED) is 0.871. The van der Waals surface area contributed by atoms with Gasteiger partial charge in [-0.05, 0) is 30.9 Å². The molecule has 0 unspecified atom stereocenters. The number of carbonyl (C=O) groups is 1. The van der Waals surface area contributed by atoms with Crippen molar-refractivity contribution in [3.63, 3.8) is 0 Å². The zero-order valence-electron chi connectivity index (χ0n) is 15.0. The van der Waals surface area contributed by atoms with Crippen LogP contribution in [0.2, 0.25) is 0 Å². The number of likely N-dealkylation sites (tertiary alicyclic amines) is 1. The van der Waals surface area contributed by atoms with E-state index in [0.717, 1.165) is 19.1 Å². The lowest BCUT2D eigenvalue weighted by Gasteiger charge is -2.39. The van der Waals surface area contributed by atoms with Gasteiger partial charge in [0.2, 0.25) is 0 Å². The Labute approximate surface area is 153 Å². The van der Waals surface area contributed by atoms with Gasteiger partial charge in [-0.3, -0.25) is 4.79 Å². The van der Waals surface area contributed by atoms with Crippen LogP contribution in [0.3, 0.4) is 0 Å². The smallest absolute Gasteiger partial charge is 0.257 e. The Balaban J connectivity index is 1.93. The summed E-state index contributed by atoms with van der Waals surface area (Å²) in [6, 6.07) is 6.62. The molecule has 2 N–H and O–H groups in total. The maximum absolute atomic E-state index is 12.9. The van der Waals surface area contributed by atoms with Crippen LogP contribution < -0.4 is 5.73 Å². The molecule has 1 aromatic carbocycles. The average Bonchev–Trinajstić information content (AvgIpc) is 3.10. The van der Waals surface area contributed by atoms with Crippen LogP contribution in [-0.4, -0.2) is 54.4 Å². The molecule has 8 heteroatoms. The second-order valence-corrected chi connectivity index (χ2v) is 8.82. The van der Waals surface area contributed by atoms with E-state index >= 15 is 0 Å². The predicted octanol–water partition coefficient (Wildman–Crippen LogP) is 1.48. The first-order valence-corrected chi connectivity index (χ1v) is 10.6. The lowest BCUT2D eigenvalue weighted by atomic mass is 9.90. The molecular formula is C18H24N4O3S. The molecule has 140 valence electrons. The Morgan fingerprint density at radius 1 is 1.35 bits per heavy atom. The van der Waals surface area contributed by atoms with E-state index in [1.807, 2.05) is 4.90 Å². The molecule has 1 aliphatic rings.